The summed E-state index contributed by atoms with van der Waals surface area (Å²) >= 11 is 1.88. The van der Waals surface area contributed by atoms with E-state index < -0.39 is 0 Å². The Bertz CT molecular complexity index is 487. The summed E-state index contributed by atoms with van der Waals surface area (Å²) in [5, 5.41) is 3.56. The molecule has 1 heterocycles. The van der Waals surface area contributed by atoms with E-state index in [0.29, 0.717) is 5.92 Å². The molecule has 0 amide bonds. The lowest BCUT2D eigenvalue weighted by molar-refractivity contribution is 0.615. The summed E-state index contributed by atoms with van der Waals surface area (Å²) in [5.41, 5.74) is 2.85. The minimum absolute atomic E-state index is 0.561. The van der Waals surface area contributed by atoms with Crippen molar-refractivity contribution >= 4 is 11.3 Å². The zero-order valence-corrected chi connectivity index (χ0v) is 12.2. The van der Waals surface area contributed by atoms with Gasteiger partial charge < -0.3 is 5.32 Å². The number of hydrogen-bond acceptors (Lipinski definition) is 2. The maximum atomic E-state index is 3.56. The molecule has 0 radical (unpaired) electrons. The summed E-state index contributed by atoms with van der Waals surface area (Å²) < 4.78 is 0. The highest BCUT2D eigenvalue weighted by Gasteiger charge is 2.06. The van der Waals surface area contributed by atoms with Crippen molar-refractivity contribution in [3.05, 3.63) is 57.3 Å². The maximum absolute atomic E-state index is 3.56. The fourth-order valence-corrected chi connectivity index (χ4v) is 3.13. The standard InChI is InChI=1S/C16H21NS/c1-12(15-7-5-4-6-8-15)10-17-11-16-9-13(2)18-14(16)3/h4-9,12,17H,10-11H2,1-3H3. The third-order valence-electron chi connectivity index (χ3n) is 3.28. The molecule has 1 N–H and O–H groups in total. The van der Waals surface area contributed by atoms with Gasteiger partial charge in [0, 0.05) is 22.8 Å². The monoisotopic (exact) mass is 259 g/mol. The highest BCUT2D eigenvalue weighted by atomic mass is 32.1. The summed E-state index contributed by atoms with van der Waals surface area (Å²) in [4.78, 5) is 2.84. The van der Waals surface area contributed by atoms with E-state index in [1.54, 1.807) is 0 Å². The van der Waals surface area contributed by atoms with Crippen molar-refractivity contribution in [1.29, 1.82) is 0 Å². The summed E-state index contributed by atoms with van der Waals surface area (Å²) in [6.07, 6.45) is 0. The van der Waals surface area contributed by atoms with Crippen LogP contribution in [-0.2, 0) is 6.54 Å². The van der Waals surface area contributed by atoms with Crippen LogP contribution < -0.4 is 5.32 Å². The molecule has 0 spiro atoms. The second kappa shape index (κ2) is 6.17. The number of hydrogen-bond donors (Lipinski definition) is 1. The average molecular weight is 259 g/mol. The van der Waals surface area contributed by atoms with Gasteiger partial charge in [0.2, 0.25) is 0 Å². The molecule has 96 valence electrons. The molecule has 2 rings (SSSR count). The van der Waals surface area contributed by atoms with E-state index in [1.165, 1.54) is 20.9 Å². The minimum atomic E-state index is 0.561. The third kappa shape index (κ3) is 3.44. The Labute approximate surface area is 114 Å². The molecule has 1 atom stereocenters. The van der Waals surface area contributed by atoms with Gasteiger partial charge >= 0.3 is 0 Å². The van der Waals surface area contributed by atoms with Gasteiger partial charge in [0.25, 0.3) is 0 Å². The van der Waals surface area contributed by atoms with E-state index in [9.17, 15) is 0 Å². The Morgan fingerprint density at radius 2 is 1.89 bits per heavy atom. The van der Waals surface area contributed by atoms with Gasteiger partial charge in [0.1, 0.15) is 0 Å². The first kappa shape index (κ1) is 13.3. The Hall–Kier alpha value is -1.12. The van der Waals surface area contributed by atoms with Gasteiger partial charge in [-0.05, 0) is 37.0 Å². The molecular formula is C16H21NS. The van der Waals surface area contributed by atoms with Crippen LogP contribution in [0.2, 0.25) is 0 Å². The Kier molecular flexibility index (Phi) is 4.56. The molecule has 18 heavy (non-hydrogen) atoms. The average Bonchev–Trinajstić information content (AvgIpc) is 2.69. The summed E-state index contributed by atoms with van der Waals surface area (Å²) in [5.74, 6) is 0.561. The Balaban J connectivity index is 1.84. The van der Waals surface area contributed by atoms with Crippen molar-refractivity contribution in [1.82, 2.24) is 5.32 Å². The molecule has 2 heteroatoms. The quantitative estimate of drug-likeness (QED) is 0.846. The van der Waals surface area contributed by atoms with Crippen molar-refractivity contribution in [2.45, 2.75) is 33.2 Å². The molecule has 0 saturated carbocycles. The van der Waals surface area contributed by atoms with Crippen molar-refractivity contribution < 1.29 is 0 Å². The largest absolute Gasteiger partial charge is 0.312 e. The second-order valence-electron chi connectivity index (χ2n) is 4.88. The summed E-state index contributed by atoms with van der Waals surface area (Å²) in [7, 11) is 0. The predicted molar refractivity (Wildman–Crippen MR) is 80.4 cm³/mol. The van der Waals surface area contributed by atoms with Crippen LogP contribution >= 0.6 is 11.3 Å². The number of rotatable bonds is 5. The summed E-state index contributed by atoms with van der Waals surface area (Å²) in [6.45, 7) is 8.66. The van der Waals surface area contributed by atoms with Crippen molar-refractivity contribution in [3.63, 3.8) is 0 Å². The Morgan fingerprint density at radius 1 is 1.17 bits per heavy atom. The highest BCUT2D eigenvalue weighted by molar-refractivity contribution is 7.12. The number of benzene rings is 1. The molecule has 0 saturated heterocycles. The van der Waals surface area contributed by atoms with Crippen molar-refractivity contribution in [2.24, 2.45) is 0 Å². The third-order valence-corrected chi connectivity index (χ3v) is 4.29. The van der Waals surface area contributed by atoms with Crippen LogP contribution in [0, 0.1) is 13.8 Å². The van der Waals surface area contributed by atoms with Crippen LogP contribution in [0.1, 0.15) is 33.7 Å². The van der Waals surface area contributed by atoms with Gasteiger partial charge in [-0.1, -0.05) is 37.3 Å². The van der Waals surface area contributed by atoms with Crippen LogP contribution in [-0.4, -0.2) is 6.54 Å². The zero-order valence-electron chi connectivity index (χ0n) is 11.4. The first-order valence-electron chi connectivity index (χ1n) is 6.48. The van der Waals surface area contributed by atoms with Gasteiger partial charge in [0.05, 0.1) is 0 Å². The van der Waals surface area contributed by atoms with E-state index >= 15 is 0 Å². The molecule has 1 aromatic carbocycles. The Morgan fingerprint density at radius 3 is 2.50 bits per heavy atom. The van der Waals surface area contributed by atoms with E-state index in [0.717, 1.165) is 13.1 Å². The molecular weight excluding hydrogens is 238 g/mol. The smallest absolute Gasteiger partial charge is 0.0216 e. The number of thiophene rings is 1. The first-order chi connectivity index (χ1) is 8.66. The molecule has 0 aliphatic rings. The van der Waals surface area contributed by atoms with Crippen molar-refractivity contribution in [3.8, 4) is 0 Å². The van der Waals surface area contributed by atoms with Gasteiger partial charge in [-0.2, -0.15) is 0 Å². The first-order valence-corrected chi connectivity index (χ1v) is 7.30. The molecule has 0 aliphatic heterocycles. The molecule has 1 unspecified atom stereocenters. The van der Waals surface area contributed by atoms with Crippen LogP contribution in [0.4, 0.5) is 0 Å². The minimum Gasteiger partial charge on any atom is -0.312 e. The van der Waals surface area contributed by atoms with Gasteiger partial charge in [-0.15, -0.1) is 11.3 Å². The molecule has 0 fully saturated rings. The van der Waals surface area contributed by atoms with Gasteiger partial charge in [0.15, 0.2) is 0 Å². The van der Waals surface area contributed by atoms with Gasteiger partial charge in [-0.25, -0.2) is 0 Å². The second-order valence-corrected chi connectivity index (χ2v) is 6.34. The van der Waals surface area contributed by atoms with Crippen LogP contribution in [0.3, 0.4) is 0 Å². The van der Waals surface area contributed by atoms with E-state index in [1.807, 2.05) is 11.3 Å². The lowest BCUT2D eigenvalue weighted by atomic mass is 10.0. The topological polar surface area (TPSA) is 12.0 Å². The van der Waals surface area contributed by atoms with E-state index in [4.69, 9.17) is 0 Å². The van der Waals surface area contributed by atoms with Crippen LogP contribution in [0.25, 0.3) is 0 Å². The molecule has 1 nitrogen and oxygen atoms in total. The number of nitrogens with one attached hydrogen (secondary N) is 1. The normalized spacial score (nSPS) is 12.6. The van der Waals surface area contributed by atoms with Gasteiger partial charge in [-0.3, -0.25) is 0 Å². The van der Waals surface area contributed by atoms with Crippen LogP contribution in [0.15, 0.2) is 36.4 Å². The summed E-state index contributed by atoms with van der Waals surface area (Å²) in [6, 6.07) is 13.0. The zero-order chi connectivity index (χ0) is 13.0. The number of aryl methyl sites for hydroxylation is 2. The lowest BCUT2D eigenvalue weighted by Gasteiger charge is -2.12. The fraction of sp³-hybridized carbons (Fsp3) is 0.375. The lowest BCUT2D eigenvalue weighted by Crippen LogP contribution is -2.19. The predicted octanol–water partition coefficient (Wildman–Crippen LogP) is 4.26. The van der Waals surface area contributed by atoms with Crippen molar-refractivity contribution in [2.75, 3.05) is 6.54 Å². The van der Waals surface area contributed by atoms with Crippen LogP contribution in [0.5, 0.6) is 0 Å². The molecule has 0 bridgehead atoms. The highest BCUT2D eigenvalue weighted by Crippen LogP contribution is 2.20. The molecule has 0 aliphatic carbocycles. The maximum Gasteiger partial charge on any atom is 0.0216 e. The SMILES string of the molecule is Cc1cc(CNCC(C)c2ccccc2)c(C)s1. The van der Waals surface area contributed by atoms with E-state index in [-0.39, 0.29) is 0 Å². The fourth-order valence-electron chi connectivity index (χ4n) is 2.18. The molecule has 1 aromatic heterocycles. The molecule has 2 aromatic rings. The van der Waals surface area contributed by atoms with E-state index in [2.05, 4.69) is 62.5 Å².